The van der Waals surface area contributed by atoms with E-state index in [4.69, 9.17) is 9.47 Å². The van der Waals surface area contributed by atoms with Gasteiger partial charge in [0, 0.05) is 25.0 Å². The zero-order chi connectivity index (χ0) is 19.7. The third-order valence-corrected chi connectivity index (χ3v) is 3.30. The number of ether oxygens (including phenoxy) is 2. The molecule has 1 heterocycles. The maximum atomic E-state index is 11.9. The SMILES string of the molecule is C=CC(=O)OCCC(O)C(CCOC(=O)C=C)n1c(=O)[nH]c(=O)[nH]c1=O. The molecule has 0 bridgehead atoms. The number of H-pyrrole nitrogens is 2. The predicted molar refractivity (Wildman–Crippen MR) is 88.5 cm³/mol. The molecule has 0 aromatic carbocycles. The van der Waals surface area contributed by atoms with Crippen LogP contribution >= 0.6 is 0 Å². The number of hydrogen-bond donors (Lipinski definition) is 3. The summed E-state index contributed by atoms with van der Waals surface area (Å²) in [7, 11) is 0. The fraction of sp³-hybridized carbons (Fsp3) is 0.400. The van der Waals surface area contributed by atoms with Crippen molar-refractivity contribution in [2.45, 2.75) is 25.0 Å². The molecule has 1 aromatic heterocycles. The van der Waals surface area contributed by atoms with Gasteiger partial charge in [0.1, 0.15) is 0 Å². The van der Waals surface area contributed by atoms with E-state index in [1.807, 2.05) is 9.97 Å². The minimum atomic E-state index is -1.32. The van der Waals surface area contributed by atoms with Crippen LogP contribution in [-0.2, 0) is 19.1 Å². The molecule has 0 aliphatic carbocycles. The van der Waals surface area contributed by atoms with Gasteiger partial charge in [-0.3, -0.25) is 9.97 Å². The van der Waals surface area contributed by atoms with Crippen LogP contribution in [0.4, 0.5) is 0 Å². The Kier molecular flexibility index (Phi) is 7.96. The average molecular weight is 369 g/mol. The number of rotatable bonds is 10. The molecule has 1 aromatic rings. The molecule has 26 heavy (non-hydrogen) atoms. The van der Waals surface area contributed by atoms with Crippen LogP contribution in [0.15, 0.2) is 39.7 Å². The van der Waals surface area contributed by atoms with Gasteiger partial charge in [0.2, 0.25) is 0 Å². The van der Waals surface area contributed by atoms with Crippen molar-refractivity contribution in [1.29, 1.82) is 0 Å². The largest absolute Gasteiger partial charge is 0.462 e. The molecule has 11 heteroatoms. The smallest absolute Gasteiger partial charge is 0.334 e. The van der Waals surface area contributed by atoms with Gasteiger partial charge in [-0.25, -0.2) is 28.5 Å². The molecule has 2 atom stereocenters. The first-order chi connectivity index (χ1) is 12.3. The number of carbonyl (C=O) groups excluding carboxylic acids is 2. The second-order valence-electron chi connectivity index (χ2n) is 5.01. The first-order valence-electron chi connectivity index (χ1n) is 7.51. The van der Waals surface area contributed by atoms with Gasteiger partial charge < -0.3 is 14.6 Å². The molecule has 142 valence electrons. The Hall–Kier alpha value is -3.21. The number of carbonyl (C=O) groups is 2. The van der Waals surface area contributed by atoms with Gasteiger partial charge in [-0.2, -0.15) is 0 Å². The summed E-state index contributed by atoms with van der Waals surface area (Å²) in [5.41, 5.74) is -3.08. The van der Waals surface area contributed by atoms with E-state index < -0.39 is 41.2 Å². The van der Waals surface area contributed by atoms with E-state index in [0.717, 1.165) is 12.2 Å². The van der Waals surface area contributed by atoms with E-state index in [0.29, 0.717) is 4.57 Å². The van der Waals surface area contributed by atoms with Gasteiger partial charge >= 0.3 is 29.0 Å². The van der Waals surface area contributed by atoms with Crippen LogP contribution in [0.5, 0.6) is 0 Å². The van der Waals surface area contributed by atoms with Gasteiger partial charge in [0.15, 0.2) is 0 Å². The minimum Gasteiger partial charge on any atom is -0.462 e. The third-order valence-electron chi connectivity index (χ3n) is 3.30. The lowest BCUT2D eigenvalue weighted by molar-refractivity contribution is -0.140. The Bertz CT molecular complexity index is 800. The second kappa shape index (κ2) is 9.93. The first kappa shape index (κ1) is 20.8. The molecule has 0 saturated heterocycles. The topological polar surface area (TPSA) is 161 Å². The van der Waals surface area contributed by atoms with Gasteiger partial charge in [-0.1, -0.05) is 13.2 Å². The maximum Gasteiger partial charge on any atom is 0.334 e. The summed E-state index contributed by atoms with van der Waals surface area (Å²) in [4.78, 5) is 60.9. The Morgan fingerprint density at radius 1 is 1.00 bits per heavy atom. The second-order valence-corrected chi connectivity index (χ2v) is 5.01. The summed E-state index contributed by atoms with van der Waals surface area (Å²) in [6, 6.07) is -1.15. The van der Waals surface area contributed by atoms with E-state index >= 15 is 0 Å². The Morgan fingerprint density at radius 2 is 1.46 bits per heavy atom. The fourth-order valence-electron chi connectivity index (χ4n) is 2.10. The Morgan fingerprint density at radius 3 is 1.92 bits per heavy atom. The lowest BCUT2D eigenvalue weighted by Crippen LogP contribution is -2.48. The number of nitrogens with zero attached hydrogens (tertiary/aromatic N) is 1. The number of aliphatic hydroxyl groups excluding tert-OH is 1. The monoisotopic (exact) mass is 369 g/mol. The normalized spacial score (nSPS) is 12.7. The van der Waals surface area contributed by atoms with Gasteiger partial charge in [0.25, 0.3) is 0 Å². The summed E-state index contributed by atoms with van der Waals surface area (Å²) in [6.07, 6.45) is 0.310. The van der Waals surface area contributed by atoms with E-state index in [1.54, 1.807) is 0 Å². The maximum absolute atomic E-state index is 11.9. The molecule has 0 fully saturated rings. The molecule has 1 rings (SSSR count). The number of esters is 2. The highest BCUT2D eigenvalue weighted by atomic mass is 16.5. The lowest BCUT2D eigenvalue weighted by Gasteiger charge is -2.23. The summed E-state index contributed by atoms with van der Waals surface area (Å²) in [5, 5.41) is 10.3. The zero-order valence-electron chi connectivity index (χ0n) is 13.8. The van der Waals surface area contributed by atoms with Crippen molar-refractivity contribution in [2.75, 3.05) is 13.2 Å². The van der Waals surface area contributed by atoms with Crippen LogP contribution < -0.4 is 17.1 Å². The molecule has 0 spiro atoms. The Labute approximate surface area is 146 Å². The van der Waals surface area contributed by atoms with Gasteiger partial charge in [-0.15, -0.1) is 0 Å². The summed E-state index contributed by atoms with van der Waals surface area (Å²) >= 11 is 0. The highest BCUT2D eigenvalue weighted by Gasteiger charge is 2.25. The van der Waals surface area contributed by atoms with Crippen LogP contribution in [0.25, 0.3) is 0 Å². The summed E-state index contributed by atoms with van der Waals surface area (Å²) in [6.45, 7) is 6.01. The molecular formula is C15H19N3O8. The lowest BCUT2D eigenvalue weighted by atomic mass is 10.1. The van der Waals surface area contributed by atoms with Crippen LogP contribution in [0.2, 0.25) is 0 Å². The third kappa shape index (κ3) is 6.02. The quantitative estimate of drug-likeness (QED) is 0.327. The van der Waals surface area contributed by atoms with E-state index in [-0.39, 0.29) is 26.1 Å². The van der Waals surface area contributed by atoms with Crippen molar-refractivity contribution in [3.63, 3.8) is 0 Å². The van der Waals surface area contributed by atoms with Crippen LogP contribution in [-0.4, -0.2) is 50.9 Å². The number of hydrogen-bond acceptors (Lipinski definition) is 8. The molecule has 0 aliphatic rings. The number of aromatic amines is 2. The molecular weight excluding hydrogens is 350 g/mol. The standard InChI is InChI=1S/C15H19N3O8/c1-3-11(20)25-7-5-9(10(19)6-8-26-12(21)4-2)18-14(23)16-13(22)17-15(18)24/h3-4,9-10,19H,1-2,5-8H2,(H2,16,17,22,23,24). The van der Waals surface area contributed by atoms with E-state index in [1.165, 1.54) is 0 Å². The van der Waals surface area contributed by atoms with Crippen molar-refractivity contribution in [1.82, 2.24) is 14.5 Å². The molecule has 0 saturated carbocycles. The van der Waals surface area contributed by atoms with Gasteiger partial charge in [0.05, 0.1) is 25.4 Å². The number of nitrogens with one attached hydrogen (secondary N) is 2. The van der Waals surface area contributed by atoms with Crippen molar-refractivity contribution in [3.8, 4) is 0 Å². The molecule has 3 N–H and O–H groups in total. The van der Waals surface area contributed by atoms with Crippen molar-refractivity contribution in [3.05, 3.63) is 56.8 Å². The molecule has 2 unspecified atom stereocenters. The highest BCUT2D eigenvalue weighted by molar-refractivity contribution is 5.81. The van der Waals surface area contributed by atoms with E-state index in [2.05, 4.69) is 13.2 Å². The summed E-state index contributed by atoms with van der Waals surface area (Å²) < 4.78 is 10.1. The van der Waals surface area contributed by atoms with E-state index in [9.17, 15) is 29.1 Å². The molecule has 0 aliphatic heterocycles. The highest BCUT2D eigenvalue weighted by Crippen LogP contribution is 2.16. The predicted octanol–water partition coefficient (Wildman–Crippen LogP) is -1.63. The van der Waals surface area contributed by atoms with Gasteiger partial charge in [-0.05, 0) is 0 Å². The molecule has 11 nitrogen and oxygen atoms in total. The van der Waals surface area contributed by atoms with Crippen molar-refractivity contribution in [2.24, 2.45) is 0 Å². The first-order valence-corrected chi connectivity index (χ1v) is 7.51. The zero-order valence-corrected chi connectivity index (χ0v) is 13.8. The van der Waals surface area contributed by atoms with Crippen LogP contribution in [0.3, 0.4) is 0 Å². The van der Waals surface area contributed by atoms with Crippen LogP contribution in [0.1, 0.15) is 18.9 Å². The Balaban J connectivity index is 3.00. The average Bonchev–Trinajstić information content (AvgIpc) is 2.58. The number of aromatic nitrogens is 3. The molecule has 0 amide bonds. The summed E-state index contributed by atoms with van der Waals surface area (Å²) in [5.74, 6) is -1.42. The number of aliphatic hydroxyl groups is 1. The van der Waals surface area contributed by atoms with Crippen molar-refractivity contribution >= 4 is 11.9 Å². The molecule has 0 radical (unpaired) electrons. The fourth-order valence-corrected chi connectivity index (χ4v) is 2.10. The van der Waals surface area contributed by atoms with Crippen molar-refractivity contribution < 1.29 is 24.2 Å². The minimum absolute atomic E-state index is 0.120. The van der Waals surface area contributed by atoms with Crippen LogP contribution in [0, 0.1) is 0 Å².